The summed E-state index contributed by atoms with van der Waals surface area (Å²) in [6, 6.07) is 7.55. The van der Waals surface area contributed by atoms with Gasteiger partial charge in [-0.1, -0.05) is 31.0 Å². The van der Waals surface area contributed by atoms with Crippen LogP contribution in [0.3, 0.4) is 0 Å². The van der Waals surface area contributed by atoms with Crippen LogP contribution in [0.4, 0.5) is 0 Å². The maximum atomic E-state index is 9.68. The van der Waals surface area contributed by atoms with Crippen LogP contribution in [-0.4, -0.2) is 22.7 Å². The predicted octanol–water partition coefficient (Wildman–Crippen LogP) is 3.16. The van der Waals surface area contributed by atoms with Crippen molar-refractivity contribution in [3.63, 3.8) is 0 Å². The van der Waals surface area contributed by atoms with Gasteiger partial charge in [0.1, 0.15) is 5.75 Å². The zero-order valence-corrected chi connectivity index (χ0v) is 11.2. The molecule has 1 fully saturated rings. The molecule has 0 saturated heterocycles. The van der Waals surface area contributed by atoms with Gasteiger partial charge in [0.25, 0.3) is 0 Å². The summed E-state index contributed by atoms with van der Waals surface area (Å²) in [4.78, 5) is 0. The third kappa shape index (κ3) is 3.17. The van der Waals surface area contributed by atoms with Crippen LogP contribution in [0.15, 0.2) is 24.3 Å². The third-order valence-electron chi connectivity index (χ3n) is 3.70. The minimum atomic E-state index is 0.393. The summed E-state index contributed by atoms with van der Waals surface area (Å²) >= 11 is 1.99. The number of thioether (sulfide) groups is 1. The minimum absolute atomic E-state index is 0.393. The molecule has 0 atom stereocenters. The SMILES string of the molecule is CSC1(CNCc2ccccc2O)CCCC1. The van der Waals surface area contributed by atoms with Crippen molar-refractivity contribution in [2.45, 2.75) is 37.0 Å². The zero-order valence-electron chi connectivity index (χ0n) is 10.4. The molecule has 2 rings (SSSR count). The zero-order chi connectivity index (χ0) is 12.1. The number of rotatable bonds is 5. The van der Waals surface area contributed by atoms with E-state index in [4.69, 9.17) is 0 Å². The van der Waals surface area contributed by atoms with E-state index >= 15 is 0 Å². The molecule has 17 heavy (non-hydrogen) atoms. The Hall–Kier alpha value is -0.670. The standard InChI is InChI=1S/C14H21NOS/c1-17-14(8-4-5-9-14)11-15-10-12-6-2-3-7-13(12)16/h2-3,6-7,15-16H,4-5,8-11H2,1H3. The number of benzene rings is 1. The van der Waals surface area contributed by atoms with Crippen LogP contribution in [-0.2, 0) is 6.54 Å². The highest BCUT2D eigenvalue weighted by Crippen LogP contribution is 2.39. The van der Waals surface area contributed by atoms with Gasteiger partial charge in [-0.25, -0.2) is 0 Å². The van der Waals surface area contributed by atoms with Gasteiger partial charge in [0.05, 0.1) is 0 Å². The van der Waals surface area contributed by atoms with Crippen molar-refractivity contribution >= 4 is 11.8 Å². The van der Waals surface area contributed by atoms with E-state index in [-0.39, 0.29) is 0 Å². The van der Waals surface area contributed by atoms with Gasteiger partial charge in [-0.15, -0.1) is 0 Å². The van der Waals surface area contributed by atoms with Gasteiger partial charge in [0, 0.05) is 23.4 Å². The molecule has 2 N–H and O–H groups in total. The van der Waals surface area contributed by atoms with E-state index in [0.29, 0.717) is 10.5 Å². The highest BCUT2D eigenvalue weighted by atomic mass is 32.2. The lowest BCUT2D eigenvalue weighted by molar-refractivity contribution is 0.460. The van der Waals surface area contributed by atoms with Gasteiger partial charge in [-0.2, -0.15) is 11.8 Å². The maximum Gasteiger partial charge on any atom is 0.120 e. The van der Waals surface area contributed by atoms with Gasteiger partial charge in [0.2, 0.25) is 0 Å². The summed E-state index contributed by atoms with van der Waals surface area (Å²) in [5, 5.41) is 13.2. The Morgan fingerprint density at radius 1 is 1.29 bits per heavy atom. The minimum Gasteiger partial charge on any atom is -0.508 e. The first-order valence-electron chi connectivity index (χ1n) is 6.28. The van der Waals surface area contributed by atoms with Crippen LogP contribution in [0.25, 0.3) is 0 Å². The molecule has 0 bridgehead atoms. The fourth-order valence-corrected chi connectivity index (χ4v) is 3.50. The Balaban J connectivity index is 1.85. The van der Waals surface area contributed by atoms with E-state index in [1.54, 1.807) is 6.07 Å². The van der Waals surface area contributed by atoms with Gasteiger partial charge in [-0.3, -0.25) is 0 Å². The molecule has 0 aromatic heterocycles. The molecule has 0 radical (unpaired) electrons. The Bertz CT molecular complexity index is 361. The van der Waals surface area contributed by atoms with Crippen molar-refractivity contribution < 1.29 is 5.11 Å². The quantitative estimate of drug-likeness (QED) is 0.843. The molecule has 0 aliphatic heterocycles. The Morgan fingerprint density at radius 2 is 2.00 bits per heavy atom. The summed E-state index contributed by atoms with van der Waals surface area (Å²) in [6.07, 6.45) is 7.58. The van der Waals surface area contributed by atoms with Gasteiger partial charge >= 0.3 is 0 Å². The van der Waals surface area contributed by atoms with Crippen LogP contribution in [0.1, 0.15) is 31.2 Å². The molecular weight excluding hydrogens is 230 g/mol. The predicted molar refractivity (Wildman–Crippen MR) is 74.5 cm³/mol. The summed E-state index contributed by atoms with van der Waals surface area (Å²) in [5.41, 5.74) is 0.988. The monoisotopic (exact) mass is 251 g/mol. The van der Waals surface area contributed by atoms with Crippen LogP contribution >= 0.6 is 11.8 Å². The van der Waals surface area contributed by atoms with Crippen molar-refractivity contribution in [2.24, 2.45) is 0 Å². The molecular formula is C14H21NOS. The summed E-state index contributed by atoms with van der Waals surface area (Å²) in [5.74, 6) is 0.393. The summed E-state index contributed by atoms with van der Waals surface area (Å²) in [7, 11) is 0. The maximum absolute atomic E-state index is 9.68. The van der Waals surface area contributed by atoms with E-state index in [1.807, 2.05) is 30.0 Å². The lowest BCUT2D eigenvalue weighted by Gasteiger charge is -2.27. The molecule has 0 unspecified atom stereocenters. The molecule has 2 nitrogen and oxygen atoms in total. The lowest BCUT2D eigenvalue weighted by Crippen LogP contribution is -2.34. The lowest BCUT2D eigenvalue weighted by atomic mass is 10.1. The average molecular weight is 251 g/mol. The van der Waals surface area contributed by atoms with E-state index < -0.39 is 0 Å². The highest BCUT2D eigenvalue weighted by molar-refractivity contribution is 8.00. The van der Waals surface area contributed by atoms with Crippen molar-refractivity contribution in [2.75, 3.05) is 12.8 Å². The van der Waals surface area contributed by atoms with E-state index in [0.717, 1.165) is 18.7 Å². The fraction of sp³-hybridized carbons (Fsp3) is 0.571. The number of nitrogens with one attached hydrogen (secondary N) is 1. The smallest absolute Gasteiger partial charge is 0.120 e. The number of hydrogen-bond donors (Lipinski definition) is 2. The third-order valence-corrected chi connectivity index (χ3v) is 5.12. The first-order chi connectivity index (χ1) is 8.26. The molecule has 1 saturated carbocycles. The number of phenols is 1. The van der Waals surface area contributed by atoms with Crippen molar-refractivity contribution in [3.8, 4) is 5.75 Å². The second kappa shape index (κ2) is 5.78. The number of hydrogen-bond acceptors (Lipinski definition) is 3. The highest BCUT2D eigenvalue weighted by Gasteiger charge is 2.32. The molecule has 1 aromatic carbocycles. The van der Waals surface area contributed by atoms with Gasteiger partial charge < -0.3 is 10.4 Å². The topological polar surface area (TPSA) is 32.3 Å². The summed E-state index contributed by atoms with van der Waals surface area (Å²) < 4.78 is 0.435. The Labute approximate surface area is 108 Å². The Kier molecular flexibility index (Phi) is 4.35. The second-order valence-corrected chi connectivity index (χ2v) is 6.10. The van der Waals surface area contributed by atoms with Crippen LogP contribution < -0.4 is 5.32 Å². The van der Waals surface area contributed by atoms with Crippen molar-refractivity contribution in [1.82, 2.24) is 5.32 Å². The van der Waals surface area contributed by atoms with Crippen LogP contribution in [0.5, 0.6) is 5.75 Å². The van der Waals surface area contributed by atoms with Gasteiger partial charge in [0.15, 0.2) is 0 Å². The van der Waals surface area contributed by atoms with E-state index in [1.165, 1.54) is 25.7 Å². The first kappa shape index (κ1) is 12.8. The number of para-hydroxylation sites is 1. The summed E-state index contributed by atoms with van der Waals surface area (Å²) in [6.45, 7) is 1.80. The average Bonchev–Trinajstić information content (AvgIpc) is 2.81. The normalized spacial score (nSPS) is 18.4. The first-order valence-corrected chi connectivity index (χ1v) is 7.51. The molecule has 0 amide bonds. The second-order valence-electron chi connectivity index (χ2n) is 4.83. The van der Waals surface area contributed by atoms with Crippen LogP contribution in [0, 0.1) is 0 Å². The Morgan fingerprint density at radius 3 is 2.65 bits per heavy atom. The number of phenolic OH excluding ortho intramolecular Hbond substituents is 1. The van der Waals surface area contributed by atoms with Crippen molar-refractivity contribution in [3.05, 3.63) is 29.8 Å². The largest absolute Gasteiger partial charge is 0.508 e. The molecule has 94 valence electrons. The van der Waals surface area contributed by atoms with E-state index in [9.17, 15) is 5.11 Å². The molecule has 0 spiro atoms. The van der Waals surface area contributed by atoms with Gasteiger partial charge in [-0.05, 0) is 25.2 Å². The molecule has 1 aromatic rings. The molecule has 3 heteroatoms. The van der Waals surface area contributed by atoms with Crippen molar-refractivity contribution in [1.29, 1.82) is 0 Å². The molecule has 0 heterocycles. The number of aromatic hydroxyl groups is 1. The molecule has 1 aliphatic rings. The van der Waals surface area contributed by atoms with E-state index in [2.05, 4.69) is 11.6 Å². The fourth-order valence-electron chi connectivity index (χ4n) is 2.56. The van der Waals surface area contributed by atoms with Crippen LogP contribution in [0.2, 0.25) is 0 Å². The molecule has 1 aliphatic carbocycles.